The molecule has 0 unspecified atom stereocenters. The third-order valence-corrected chi connectivity index (χ3v) is 5.49. The molecule has 3 aromatic carbocycles. The van der Waals surface area contributed by atoms with E-state index in [0.717, 1.165) is 28.9 Å². The van der Waals surface area contributed by atoms with Crippen molar-refractivity contribution in [3.63, 3.8) is 0 Å². The second-order valence-electron chi connectivity index (χ2n) is 6.92. The fourth-order valence-electron chi connectivity index (χ4n) is 3.63. The Bertz CT molecular complexity index is 1050. The second kappa shape index (κ2) is 8.18. The summed E-state index contributed by atoms with van der Waals surface area (Å²) in [4.78, 5) is 0. The SMILES string of the molecule is CCCCCCOc1ccc(-n2c3ccccc3c3cc(Br)ccc32)cc1. The summed E-state index contributed by atoms with van der Waals surface area (Å²) in [6.07, 6.45) is 4.90. The number of unbranched alkanes of at least 4 members (excludes halogenated alkanes) is 3. The first-order valence-electron chi connectivity index (χ1n) is 9.70. The van der Waals surface area contributed by atoms with E-state index in [2.05, 4.69) is 94.2 Å². The fourth-order valence-corrected chi connectivity index (χ4v) is 3.99. The van der Waals surface area contributed by atoms with Gasteiger partial charge in [0, 0.05) is 20.9 Å². The standard InChI is InChI=1S/C24H24BrNO/c1-2-3-4-7-16-27-20-13-11-19(12-14-20)26-23-9-6-5-8-21(23)22-17-18(25)10-15-24(22)26/h5-6,8-15,17H,2-4,7,16H2,1H3. The molecule has 0 radical (unpaired) electrons. The number of hydrogen-bond donors (Lipinski definition) is 0. The summed E-state index contributed by atoms with van der Waals surface area (Å²) in [5, 5.41) is 2.53. The zero-order valence-corrected chi connectivity index (χ0v) is 17.2. The van der Waals surface area contributed by atoms with E-state index in [1.807, 2.05) is 0 Å². The molecule has 138 valence electrons. The number of ether oxygens (including phenoxy) is 1. The van der Waals surface area contributed by atoms with E-state index < -0.39 is 0 Å². The van der Waals surface area contributed by atoms with Crippen molar-refractivity contribution in [1.29, 1.82) is 0 Å². The highest BCUT2D eigenvalue weighted by molar-refractivity contribution is 9.10. The topological polar surface area (TPSA) is 14.2 Å². The maximum absolute atomic E-state index is 5.90. The van der Waals surface area contributed by atoms with Gasteiger partial charge in [-0.25, -0.2) is 0 Å². The molecule has 4 aromatic rings. The average Bonchev–Trinajstić information content (AvgIpc) is 3.02. The van der Waals surface area contributed by atoms with Gasteiger partial charge in [0.2, 0.25) is 0 Å². The zero-order chi connectivity index (χ0) is 18.6. The average molecular weight is 422 g/mol. The number of benzene rings is 3. The van der Waals surface area contributed by atoms with Crippen LogP contribution < -0.4 is 4.74 Å². The van der Waals surface area contributed by atoms with E-state index in [-0.39, 0.29) is 0 Å². The van der Waals surface area contributed by atoms with Gasteiger partial charge in [-0.3, -0.25) is 0 Å². The molecule has 0 fully saturated rings. The van der Waals surface area contributed by atoms with Gasteiger partial charge in [-0.1, -0.05) is 60.3 Å². The monoisotopic (exact) mass is 421 g/mol. The first-order chi connectivity index (χ1) is 13.3. The largest absolute Gasteiger partial charge is 0.494 e. The van der Waals surface area contributed by atoms with Crippen molar-refractivity contribution in [2.75, 3.05) is 6.61 Å². The van der Waals surface area contributed by atoms with Crippen LogP contribution in [0.5, 0.6) is 5.75 Å². The Kier molecular flexibility index (Phi) is 5.49. The molecule has 0 bridgehead atoms. The molecule has 0 amide bonds. The molecule has 0 aliphatic heterocycles. The smallest absolute Gasteiger partial charge is 0.119 e. The first kappa shape index (κ1) is 18.1. The molecule has 0 atom stereocenters. The highest BCUT2D eigenvalue weighted by Gasteiger charge is 2.12. The highest BCUT2D eigenvalue weighted by atomic mass is 79.9. The minimum atomic E-state index is 0.794. The van der Waals surface area contributed by atoms with Gasteiger partial charge in [0.1, 0.15) is 5.75 Å². The van der Waals surface area contributed by atoms with Gasteiger partial charge in [0.15, 0.2) is 0 Å². The van der Waals surface area contributed by atoms with E-state index in [1.54, 1.807) is 0 Å². The predicted molar refractivity (Wildman–Crippen MR) is 118 cm³/mol. The molecule has 0 aliphatic rings. The van der Waals surface area contributed by atoms with Gasteiger partial charge in [-0.15, -0.1) is 0 Å². The Morgan fingerprint density at radius 2 is 1.59 bits per heavy atom. The quantitative estimate of drug-likeness (QED) is 0.281. The maximum Gasteiger partial charge on any atom is 0.119 e. The third kappa shape index (κ3) is 3.74. The summed E-state index contributed by atoms with van der Waals surface area (Å²) < 4.78 is 9.32. The Hall–Kier alpha value is -2.26. The fraction of sp³-hybridized carbons (Fsp3) is 0.250. The Morgan fingerprint density at radius 3 is 2.41 bits per heavy atom. The first-order valence-corrected chi connectivity index (χ1v) is 10.5. The van der Waals surface area contributed by atoms with Crippen LogP contribution in [-0.2, 0) is 0 Å². The second-order valence-corrected chi connectivity index (χ2v) is 7.83. The van der Waals surface area contributed by atoms with Gasteiger partial charge in [-0.2, -0.15) is 0 Å². The molecule has 4 rings (SSSR count). The van der Waals surface area contributed by atoms with E-state index in [0.29, 0.717) is 0 Å². The summed E-state index contributed by atoms with van der Waals surface area (Å²) in [6, 6.07) is 23.5. The Labute approximate surface area is 168 Å². The van der Waals surface area contributed by atoms with E-state index in [9.17, 15) is 0 Å². The summed E-state index contributed by atoms with van der Waals surface area (Å²) in [6.45, 7) is 3.02. The Balaban J connectivity index is 1.65. The number of rotatable bonds is 7. The van der Waals surface area contributed by atoms with Crippen molar-refractivity contribution in [2.45, 2.75) is 32.6 Å². The highest BCUT2D eigenvalue weighted by Crippen LogP contribution is 2.33. The van der Waals surface area contributed by atoms with Crippen LogP contribution in [-0.4, -0.2) is 11.2 Å². The number of fused-ring (bicyclic) bond motifs is 3. The molecular formula is C24H24BrNO. The molecule has 0 saturated carbocycles. The number of hydrogen-bond acceptors (Lipinski definition) is 1. The molecule has 27 heavy (non-hydrogen) atoms. The van der Waals surface area contributed by atoms with Crippen molar-refractivity contribution >= 4 is 37.7 Å². The van der Waals surface area contributed by atoms with Crippen LogP contribution in [0, 0.1) is 0 Å². The van der Waals surface area contributed by atoms with Crippen LogP contribution >= 0.6 is 15.9 Å². The maximum atomic E-state index is 5.90. The van der Waals surface area contributed by atoms with Gasteiger partial charge in [0.05, 0.1) is 17.6 Å². The lowest BCUT2D eigenvalue weighted by molar-refractivity contribution is 0.305. The molecule has 2 nitrogen and oxygen atoms in total. The van der Waals surface area contributed by atoms with Gasteiger partial charge in [0.25, 0.3) is 0 Å². The summed E-state index contributed by atoms with van der Waals surface area (Å²) in [5.41, 5.74) is 3.59. The third-order valence-electron chi connectivity index (χ3n) is 5.00. The van der Waals surface area contributed by atoms with Crippen molar-refractivity contribution < 1.29 is 4.74 Å². The van der Waals surface area contributed by atoms with Crippen LogP contribution in [0.2, 0.25) is 0 Å². The van der Waals surface area contributed by atoms with Crippen LogP contribution in [0.4, 0.5) is 0 Å². The van der Waals surface area contributed by atoms with Crippen molar-refractivity contribution in [2.24, 2.45) is 0 Å². The van der Waals surface area contributed by atoms with Crippen LogP contribution in [0.1, 0.15) is 32.6 Å². The van der Waals surface area contributed by atoms with Gasteiger partial charge < -0.3 is 9.30 Å². The normalized spacial score (nSPS) is 11.3. The van der Waals surface area contributed by atoms with Gasteiger partial charge >= 0.3 is 0 Å². The van der Waals surface area contributed by atoms with Gasteiger partial charge in [-0.05, 0) is 55.0 Å². The van der Waals surface area contributed by atoms with Crippen LogP contribution in [0.15, 0.2) is 71.2 Å². The molecule has 0 spiro atoms. The molecule has 3 heteroatoms. The van der Waals surface area contributed by atoms with E-state index in [4.69, 9.17) is 4.74 Å². The minimum absolute atomic E-state index is 0.794. The lowest BCUT2D eigenvalue weighted by Crippen LogP contribution is -1.98. The van der Waals surface area contributed by atoms with E-state index in [1.165, 1.54) is 41.1 Å². The van der Waals surface area contributed by atoms with Crippen molar-refractivity contribution in [3.05, 3.63) is 71.2 Å². The summed E-state index contributed by atoms with van der Waals surface area (Å²) >= 11 is 3.61. The van der Waals surface area contributed by atoms with Crippen LogP contribution in [0.25, 0.3) is 27.5 Å². The lowest BCUT2D eigenvalue weighted by atomic mass is 10.2. The molecule has 0 saturated heterocycles. The zero-order valence-electron chi connectivity index (χ0n) is 15.6. The van der Waals surface area contributed by atoms with Crippen LogP contribution in [0.3, 0.4) is 0 Å². The number of nitrogens with zero attached hydrogens (tertiary/aromatic N) is 1. The molecule has 1 heterocycles. The molecule has 1 aromatic heterocycles. The molecule has 0 aliphatic carbocycles. The molecular weight excluding hydrogens is 398 g/mol. The van der Waals surface area contributed by atoms with E-state index >= 15 is 0 Å². The summed E-state index contributed by atoms with van der Waals surface area (Å²) in [7, 11) is 0. The number of halogens is 1. The lowest BCUT2D eigenvalue weighted by Gasteiger charge is -2.10. The summed E-state index contributed by atoms with van der Waals surface area (Å²) in [5.74, 6) is 0.943. The molecule has 0 N–H and O–H groups in total. The Morgan fingerprint density at radius 1 is 0.815 bits per heavy atom. The van der Waals surface area contributed by atoms with Crippen molar-refractivity contribution in [1.82, 2.24) is 4.57 Å². The predicted octanol–water partition coefficient (Wildman–Crippen LogP) is 7.51. The number of aromatic nitrogens is 1. The van der Waals surface area contributed by atoms with Crippen molar-refractivity contribution in [3.8, 4) is 11.4 Å². The minimum Gasteiger partial charge on any atom is -0.494 e. The number of para-hydroxylation sites is 1.